The smallest absolute Gasteiger partial charge is 0.0491 e. The van der Waals surface area contributed by atoms with Gasteiger partial charge in [0.1, 0.15) is 0 Å². The van der Waals surface area contributed by atoms with E-state index in [0.29, 0.717) is 16.1 Å². The summed E-state index contributed by atoms with van der Waals surface area (Å²) in [6.45, 7) is 4.95. The molecule has 1 saturated heterocycles. The minimum absolute atomic E-state index is 0.560. The van der Waals surface area contributed by atoms with Crippen molar-refractivity contribution in [3.05, 3.63) is 106 Å². The van der Waals surface area contributed by atoms with Gasteiger partial charge in [0.05, 0.1) is 0 Å². The monoisotopic (exact) mass is 477 g/mol. The molecular weight excluding hydrogens is 449 g/mol. The fourth-order valence-electron chi connectivity index (χ4n) is 4.82. The maximum absolute atomic E-state index is 6.45. The van der Waals surface area contributed by atoms with Gasteiger partial charge >= 0.3 is 0 Å². The Morgan fingerprint density at radius 3 is 2.36 bits per heavy atom. The number of hydrogen-bond acceptors (Lipinski definition) is 2. The average molecular weight is 478 g/mol. The van der Waals surface area contributed by atoms with Gasteiger partial charge in [-0.2, -0.15) is 0 Å². The summed E-state index contributed by atoms with van der Waals surface area (Å²) in [4.78, 5) is 2.56. The topological polar surface area (TPSA) is 20.2 Å². The van der Waals surface area contributed by atoms with E-state index in [0.717, 1.165) is 38.3 Å². The first-order valence-electron chi connectivity index (χ1n) is 11.7. The quantitative estimate of drug-likeness (QED) is 0.317. The molecule has 4 aromatic rings. The van der Waals surface area contributed by atoms with E-state index in [9.17, 15) is 0 Å². The summed E-state index contributed by atoms with van der Waals surface area (Å²) in [5, 5.41) is 6.51. The minimum Gasteiger partial charge on any atom is -0.343 e. The van der Waals surface area contributed by atoms with Crippen molar-refractivity contribution in [2.75, 3.05) is 13.1 Å². The number of halogens is 2. The largest absolute Gasteiger partial charge is 0.343 e. The molecule has 1 fully saturated rings. The summed E-state index contributed by atoms with van der Waals surface area (Å²) in [6.07, 6.45) is 4.64. The van der Waals surface area contributed by atoms with E-state index in [1.54, 1.807) is 0 Å². The molecule has 0 unspecified atom stereocenters. The number of piperidine rings is 1. The Balaban J connectivity index is 1.23. The summed E-state index contributed by atoms with van der Waals surface area (Å²) < 4.78 is 2.30. The van der Waals surface area contributed by atoms with E-state index < -0.39 is 0 Å². The summed E-state index contributed by atoms with van der Waals surface area (Å²) in [6, 6.07) is 25.7. The van der Waals surface area contributed by atoms with Gasteiger partial charge < -0.3 is 9.88 Å². The number of likely N-dealkylation sites (tertiary alicyclic amines) is 1. The Labute approximate surface area is 205 Å². The highest BCUT2D eigenvalue weighted by atomic mass is 35.5. The Morgan fingerprint density at radius 2 is 1.58 bits per heavy atom. The molecule has 0 spiro atoms. The first kappa shape index (κ1) is 22.5. The SMILES string of the molecule is Clc1ccc(Cn2cc(CNC3CCN(Cc4ccccc4)CC3)c3ccccc32)c(Cl)c1. The molecule has 5 rings (SSSR count). The van der Waals surface area contributed by atoms with Gasteiger partial charge in [0.2, 0.25) is 0 Å². The molecule has 0 bridgehead atoms. The lowest BCUT2D eigenvalue weighted by Crippen LogP contribution is -2.41. The Bertz CT molecular complexity index is 1210. The second kappa shape index (κ2) is 10.3. The molecule has 1 N–H and O–H groups in total. The number of nitrogens with one attached hydrogen (secondary N) is 1. The predicted molar refractivity (Wildman–Crippen MR) is 139 cm³/mol. The molecule has 0 radical (unpaired) electrons. The number of aromatic nitrogens is 1. The third kappa shape index (κ3) is 5.44. The summed E-state index contributed by atoms with van der Waals surface area (Å²) >= 11 is 12.5. The molecular formula is C28H29Cl2N3. The van der Waals surface area contributed by atoms with Gasteiger partial charge in [-0.15, -0.1) is 0 Å². The van der Waals surface area contributed by atoms with E-state index >= 15 is 0 Å². The summed E-state index contributed by atoms with van der Waals surface area (Å²) in [5.74, 6) is 0. The van der Waals surface area contributed by atoms with Gasteiger partial charge in [-0.1, -0.05) is 77.8 Å². The van der Waals surface area contributed by atoms with Crippen LogP contribution >= 0.6 is 23.2 Å². The summed E-state index contributed by atoms with van der Waals surface area (Å²) in [5.41, 5.74) is 5.05. The Morgan fingerprint density at radius 1 is 0.818 bits per heavy atom. The molecule has 0 aliphatic carbocycles. The van der Waals surface area contributed by atoms with Crippen LogP contribution in [0.5, 0.6) is 0 Å². The maximum Gasteiger partial charge on any atom is 0.0491 e. The van der Waals surface area contributed by atoms with Gasteiger partial charge in [-0.05, 0) is 60.8 Å². The van der Waals surface area contributed by atoms with E-state index in [-0.39, 0.29) is 0 Å². The van der Waals surface area contributed by atoms with Crippen molar-refractivity contribution in [2.45, 2.75) is 38.5 Å². The van der Waals surface area contributed by atoms with Gasteiger partial charge in [0, 0.05) is 52.8 Å². The normalized spacial score (nSPS) is 15.3. The number of rotatable bonds is 7. The molecule has 1 aliphatic rings. The Hall–Kier alpha value is -2.30. The third-order valence-corrected chi connectivity index (χ3v) is 7.23. The second-order valence-corrected chi connectivity index (χ2v) is 9.80. The molecule has 3 aromatic carbocycles. The van der Waals surface area contributed by atoms with Crippen LogP contribution in [0.15, 0.2) is 79.0 Å². The highest BCUT2D eigenvalue weighted by molar-refractivity contribution is 6.35. The molecule has 1 aliphatic heterocycles. The van der Waals surface area contributed by atoms with E-state index in [1.165, 1.54) is 34.9 Å². The molecule has 3 nitrogen and oxygen atoms in total. The van der Waals surface area contributed by atoms with Gasteiger partial charge in [-0.25, -0.2) is 0 Å². The van der Waals surface area contributed by atoms with Crippen molar-refractivity contribution in [1.82, 2.24) is 14.8 Å². The average Bonchev–Trinajstić information content (AvgIpc) is 3.19. The molecule has 0 saturated carbocycles. The molecule has 0 atom stereocenters. The van der Waals surface area contributed by atoms with Crippen molar-refractivity contribution in [2.24, 2.45) is 0 Å². The third-order valence-electron chi connectivity index (χ3n) is 6.64. The van der Waals surface area contributed by atoms with Crippen molar-refractivity contribution in [1.29, 1.82) is 0 Å². The van der Waals surface area contributed by atoms with Crippen LogP contribution in [0.4, 0.5) is 0 Å². The van der Waals surface area contributed by atoms with Crippen molar-refractivity contribution in [3.63, 3.8) is 0 Å². The molecule has 1 aromatic heterocycles. The number of para-hydroxylation sites is 1. The molecule has 0 amide bonds. The van der Waals surface area contributed by atoms with E-state index in [2.05, 4.69) is 75.6 Å². The second-order valence-electron chi connectivity index (χ2n) is 8.95. The van der Waals surface area contributed by atoms with Gasteiger partial charge in [0.25, 0.3) is 0 Å². The minimum atomic E-state index is 0.560. The number of benzene rings is 3. The van der Waals surface area contributed by atoms with Crippen molar-refractivity contribution < 1.29 is 0 Å². The van der Waals surface area contributed by atoms with Crippen molar-refractivity contribution in [3.8, 4) is 0 Å². The standard InChI is InChI=1S/C28H29Cl2N3/c29-24-11-10-22(27(30)16-24)19-33-20-23(26-8-4-5-9-28(26)33)17-31-25-12-14-32(15-13-25)18-21-6-2-1-3-7-21/h1-11,16,20,25,31H,12-15,17-19H2. The van der Waals surface area contributed by atoms with E-state index in [4.69, 9.17) is 23.2 Å². The highest BCUT2D eigenvalue weighted by Gasteiger charge is 2.19. The lowest BCUT2D eigenvalue weighted by Gasteiger charge is -2.32. The molecule has 170 valence electrons. The van der Waals surface area contributed by atoms with Crippen molar-refractivity contribution >= 4 is 34.1 Å². The lowest BCUT2D eigenvalue weighted by molar-refractivity contribution is 0.190. The first-order chi connectivity index (χ1) is 16.2. The van der Waals surface area contributed by atoms with Gasteiger partial charge in [0.15, 0.2) is 0 Å². The van der Waals surface area contributed by atoms with Crippen LogP contribution in [0.2, 0.25) is 10.0 Å². The van der Waals surface area contributed by atoms with Crippen LogP contribution in [-0.4, -0.2) is 28.6 Å². The number of hydrogen-bond donors (Lipinski definition) is 1. The van der Waals surface area contributed by atoms with Crippen LogP contribution in [-0.2, 0) is 19.6 Å². The fraction of sp³-hybridized carbons (Fsp3) is 0.286. The van der Waals surface area contributed by atoms with Crippen LogP contribution < -0.4 is 5.32 Å². The molecule has 33 heavy (non-hydrogen) atoms. The molecule has 2 heterocycles. The van der Waals surface area contributed by atoms with Crippen LogP contribution in [0.1, 0.15) is 29.5 Å². The van der Waals surface area contributed by atoms with E-state index in [1.807, 2.05) is 18.2 Å². The van der Waals surface area contributed by atoms with Crippen LogP contribution in [0, 0.1) is 0 Å². The fourth-order valence-corrected chi connectivity index (χ4v) is 5.29. The zero-order valence-corrected chi connectivity index (χ0v) is 20.2. The number of nitrogens with zero attached hydrogens (tertiary/aromatic N) is 2. The summed E-state index contributed by atoms with van der Waals surface area (Å²) in [7, 11) is 0. The first-order valence-corrected chi connectivity index (χ1v) is 12.4. The van der Waals surface area contributed by atoms with Crippen LogP contribution in [0.25, 0.3) is 10.9 Å². The highest BCUT2D eigenvalue weighted by Crippen LogP contribution is 2.26. The van der Waals surface area contributed by atoms with Gasteiger partial charge in [-0.3, -0.25) is 4.90 Å². The predicted octanol–water partition coefficient (Wildman–Crippen LogP) is 6.75. The zero-order valence-electron chi connectivity index (χ0n) is 18.7. The Kier molecular flexibility index (Phi) is 7.03. The lowest BCUT2D eigenvalue weighted by atomic mass is 10.0. The number of fused-ring (bicyclic) bond motifs is 1. The maximum atomic E-state index is 6.45. The van der Waals surface area contributed by atoms with Crippen LogP contribution in [0.3, 0.4) is 0 Å². The zero-order chi connectivity index (χ0) is 22.6. The molecule has 5 heteroatoms.